The van der Waals surface area contributed by atoms with Crippen molar-refractivity contribution in [1.29, 1.82) is 0 Å². The van der Waals surface area contributed by atoms with Gasteiger partial charge in [-0.1, -0.05) is 0 Å². The monoisotopic (exact) mass is 371 g/mol. The van der Waals surface area contributed by atoms with Gasteiger partial charge in [0.25, 0.3) is 0 Å². The maximum absolute atomic E-state index is 5.74. The van der Waals surface area contributed by atoms with E-state index in [1.807, 2.05) is 0 Å². The second-order valence-electron chi connectivity index (χ2n) is 5.15. The Bertz CT molecular complexity index is 205. The summed E-state index contributed by atoms with van der Waals surface area (Å²) < 4.78 is 14.8. The van der Waals surface area contributed by atoms with Gasteiger partial charge < -0.3 is 0 Å². The van der Waals surface area contributed by atoms with Crippen LogP contribution in [0.15, 0.2) is 0 Å². The molecule has 0 bridgehead atoms. The van der Waals surface area contributed by atoms with Crippen LogP contribution >= 0.6 is 0 Å². The number of hydrogen-bond acceptors (Lipinski definition) is 4. The summed E-state index contributed by atoms with van der Waals surface area (Å²) in [5, 5.41) is 0. The van der Waals surface area contributed by atoms with Gasteiger partial charge in [-0.3, -0.25) is 0 Å². The fourth-order valence-corrected chi connectivity index (χ4v) is 3.03. The molecule has 0 aliphatic carbocycles. The molecule has 5 heteroatoms. The summed E-state index contributed by atoms with van der Waals surface area (Å²) >= 11 is 0.220. The van der Waals surface area contributed by atoms with Crippen LogP contribution in [0.4, 0.5) is 0 Å². The molecule has 1 N–H and O–H groups in total. The molecule has 1 rings (SSSR count). The van der Waals surface area contributed by atoms with E-state index in [1.165, 1.54) is 6.54 Å². The zero-order chi connectivity index (χ0) is 13.2. The minimum absolute atomic E-state index is 0.220. The zero-order valence-corrected chi connectivity index (χ0v) is 14.1. The van der Waals surface area contributed by atoms with Crippen molar-refractivity contribution in [2.24, 2.45) is 5.92 Å². The summed E-state index contributed by atoms with van der Waals surface area (Å²) in [6, 6.07) is 0. The third-order valence-corrected chi connectivity index (χ3v) is 4.15. The molecule has 0 saturated carbocycles. The summed E-state index contributed by atoms with van der Waals surface area (Å²) in [6.45, 7) is 11.3. The molecule has 1 saturated heterocycles. The van der Waals surface area contributed by atoms with Crippen molar-refractivity contribution in [3.63, 3.8) is 0 Å². The number of nitrogens with zero attached hydrogens (tertiary/aromatic N) is 1. The van der Waals surface area contributed by atoms with Gasteiger partial charge in [-0.15, -0.1) is 0 Å². The van der Waals surface area contributed by atoms with E-state index in [0.29, 0.717) is 0 Å². The molecule has 1 heterocycles. The molecule has 1 aliphatic heterocycles. The van der Waals surface area contributed by atoms with Crippen molar-refractivity contribution in [3.05, 3.63) is 0 Å². The summed E-state index contributed by atoms with van der Waals surface area (Å²) in [7, 11) is 0. The van der Waals surface area contributed by atoms with Crippen LogP contribution in [0.2, 0.25) is 0 Å². The van der Waals surface area contributed by atoms with Gasteiger partial charge in [0.1, 0.15) is 0 Å². The number of ether oxygens (including phenoxy) is 2. The van der Waals surface area contributed by atoms with Gasteiger partial charge in [0.05, 0.1) is 0 Å². The van der Waals surface area contributed by atoms with E-state index in [0.717, 1.165) is 51.8 Å². The van der Waals surface area contributed by atoms with Gasteiger partial charge in [-0.05, 0) is 0 Å². The molecule has 0 amide bonds. The molecule has 4 nitrogen and oxygen atoms in total. The van der Waals surface area contributed by atoms with E-state index in [-0.39, 0.29) is 27.6 Å². The van der Waals surface area contributed by atoms with Gasteiger partial charge in [0.15, 0.2) is 0 Å². The fourth-order valence-electron chi connectivity index (χ4n) is 2.11. The third-order valence-electron chi connectivity index (χ3n) is 2.84. The van der Waals surface area contributed by atoms with Gasteiger partial charge >= 0.3 is 123 Å². The molecular weight excluding hydrogens is 343 g/mol. The number of halogens is 1. The number of alkyl halides is 1. The van der Waals surface area contributed by atoms with Gasteiger partial charge in [0, 0.05) is 0 Å². The van der Waals surface area contributed by atoms with Crippen molar-refractivity contribution in [1.82, 2.24) is 8.43 Å². The van der Waals surface area contributed by atoms with E-state index in [2.05, 4.69) is 27.2 Å². The number of nitrogens with one attached hydrogen (secondary N) is 1. The Hall–Kier alpha value is 0.570. The van der Waals surface area contributed by atoms with Crippen LogP contribution in [0.1, 0.15) is 20.3 Å². The number of hydrogen-bond donors (Lipinski definition) is 1. The Morgan fingerprint density at radius 1 is 1.50 bits per heavy atom. The molecule has 1 fully saturated rings. The Morgan fingerprint density at radius 2 is 2.33 bits per heavy atom. The molecular formula is C13H28IN2O2-. The minimum atomic E-state index is 0.220. The third kappa shape index (κ3) is 7.89. The molecule has 0 spiro atoms. The van der Waals surface area contributed by atoms with Crippen molar-refractivity contribution in [3.8, 4) is 0 Å². The average Bonchev–Trinajstić information content (AvgIpc) is 2.33. The first-order valence-corrected chi connectivity index (χ1v) is 10.1. The van der Waals surface area contributed by atoms with E-state index < -0.39 is 0 Å². The Kier molecular flexibility index (Phi) is 9.58. The van der Waals surface area contributed by atoms with Crippen molar-refractivity contribution < 1.29 is 31.0 Å². The van der Waals surface area contributed by atoms with E-state index >= 15 is 0 Å². The van der Waals surface area contributed by atoms with E-state index in [4.69, 9.17) is 9.47 Å². The Balaban J connectivity index is 2.03. The normalized spacial score (nSPS) is 21.9. The molecule has 0 aromatic heterocycles. The van der Waals surface area contributed by atoms with Crippen molar-refractivity contribution >= 4 is 0 Å². The summed E-state index contributed by atoms with van der Waals surface area (Å²) in [5.41, 5.74) is 0. The number of morpholine rings is 1. The summed E-state index contributed by atoms with van der Waals surface area (Å²) in [6.07, 6.45) is 1.37. The molecule has 1 atom stereocenters. The van der Waals surface area contributed by atoms with E-state index in [9.17, 15) is 0 Å². The predicted molar refractivity (Wildman–Crippen MR) is 70.4 cm³/mol. The molecule has 1 aliphatic rings. The van der Waals surface area contributed by atoms with Gasteiger partial charge in [-0.2, -0.15) is 0 Å². The standard InChI is InChI=1S/C13H28IN2O2/c1-12(2)9-16-6-8-18-13(10-16)11-17-7-4-5-15-14-3/h12-13,15H,4-11H2,1-3H3/q-1/t13-/m0/s1. The second kappa shape index (κ2) is 10.4. The molecule has 0 aromatic carbocycles. The zero-order valence-electron chi connectivity index (χ0n) is 12.0. The first kappa shape index (κ1) is 16.6. The quantitative estimate of drug-likeness (QED) is 0.220. The topological polar surface area (TPSA) is 33.7 Å². The SMILES string of the molecule is C[I-]NCCCOC[C@@H]1CN(CC(C)C)CCO1. The first-order valence-electron chi connectivity index (χ1n) is 6.85. The Morgan fingerprint density at radius 3 is 3.06 bits per heavy atom. The van der Waals surface area contributed by atoms with E-state index in [1.54, 1.807) is 0 Å². The summed E-state index contributed by atoms with van der Waals surface area (Å²) in [4.78, 5) is 4.73. The molecule has 110 valence electrons. The first-order chi connectivity index (χ1) is 8.72. The average molecular weight is 371 g/mol. The molecule has 0 unspecified atom stereocenters. The van der Waals surface area contributed by atoms with Crippen LogP contribution in [-0.2, 0) is 9.47 Å². The van der Waals surface area contributed by atoms with Crippen molar-refractivity contribution in [2.45, 2.75) is 26.4 Å². The van der Waals surface area contributed by atoms with Crippen LogP contribution in [0, 0.1) is 5.92 Å². The number of rotatable bonds is 9. The Labute approximate surface area is 122 Å². The van der Waals surface area contributed by atoms with Crippen molar-refractivity contribution in [2.75, 3.05) is 50.9 Å². The predicted octanol–water partition coefficient (Wildman–Crippen LogP) is -2.03. The van der Waals surface area contributed by atoms with Crippen LogP contribution in [0.3, 0.4) is 0 Å². The molecule has 18 heavy (non-hydrogen) atoms. The van der Waals surface area contributed by atoms with Gasteiger partial charge in [0.2, 0.25) is 0 Å². The fraction of sp³-hybridized carbons (Fsp3) is 1.00. The van der Waals surface area contributed by atoms with Crippen LogP contribution in [-0.4, -0.2) is 61.9 Å². The van der Waals surface area contributed by atoms with Gasteiger partial charge in [-0.25, -0.2) is 0 Å². The molecule has 0 radical (unpaired) electrons. The maximum atomic E-state index is 5.74. The van der Waals surface area contributed by atoms with Crippen LogP contribution in [0.5, 0.6) is 0 Å². The second-order valence-corrected chi connectivity index (χ2v) is 6.99. The summed E-state index contributed by atoms with van der Waals surface area (Å²) in [5.74, 6) is 0.730. The molecule has 0 aromatic rings. The van der Waals surface area contributed by atoms with Crippen LogP contribution in [0.25, 0.3) is 0 Å². The van der Waals surface area contributed by atoms with Crippen LogP contribution < -0.4 is 25.0 Å².